The molecule has 0 radical (unpaired) electrons. The minimum atomic E-state index is -1.06. The first-order valence-corrected chi connectivity index (χ1v) is 10.7. The highest BCUT2D eigenvalue weighted by Gasteiger charge is 2.43. The van der Waals surface area contributed by atoms with Gasteiger partial charge in [0.05, 0.1) is 6.04 Å². The molecule has 0 saturated carbocycles. The van der Waals surface area contributed by atoms with Gasteiger partial charge in [0.1, 0.15) is 18.1 Å². The molecule has 0 spiro atoms. The molecule has 2 heterocycles. The van der Waals surface area contributed by atoms with Crippen molar-refractivity contribution in [1.82, 2.24) is 15.1 Å². The second-order valence-electron chi connectivity index (χ2n) is 8.55. The summed E-state index contributed by atoms with van der Waals surface area (Å²) >= 11 is 0. The van der Waals surface area contributed by atoms with E-state index in [2.05, 4.69) is 5.32 Å². The fourth-order valence-electron chi connectivity index (χ4n) is 4.08. The Labute approximate surface area is 181 Å². The normalized spacial score (nSPS) is 23.0. The molecule has 31 heavy (non-hydrogen) atoms. The van der Waals surface area contributed by atoms with Crippen LogP contribution in [0, 0.1) is 5.92 Å². The average Bonchev–Trinajstić information content (AvgIpc) is 3.38. The number of aliphatic carboxylic acids is 1. The van der Waals surface area contributed by atoms with E-state index >= 15 is 0 Å². The number of carboxylic acid groups (broad SMARTS) is 1. The van der Waals surface area contributed by atoms with Crippen LogP contribution in [0.15, 0.2) is 0 Å². The van der Waals surface area contributed by atoms with Gasteiger partial charge in [-0.05, 0) is 38.0 Å². The van der Waals surface area contributed by atoms with E-state index in [0.717, 1.165) is 0 Å². The van der Waals surface area contributed by atoms with Crippen LogP contribution in [-0.2, 0) is 24.0 Å². The van der Waals surface area contributed by atoms with Crippen LogP contribution in [0.3, 0.4) is 0 Å². The summed E-state index contributed by atoms with van der Waals surface area (Å²) in [5.41, 5.74) is 11.1. The molecule has 0 bridgehead atoms. The number of hydrogen-bond acceptors (Lipinski definition) is 6. The number of carbonyl (C=O) groups is 5. The average molecular weight is 440 g/mol. The molecular weight excluding hydrogens is 406 g/mol. The van der Waals surface area contributed by atoms with Crippen LogP contribution in [-0.4, -0.2) is 81.8 Å². The van der Waals surface area contributed by atoms with Crippen LogP contribution >= 0.6 is 0 Å². The Hall–Kier alpha value is -2.69. The van der Waals surface area contributed by atoms with Crippen LogP contribution in [0.25, 0.3) is 0 Å². The van der Waals surface area contributed by atoms with Crippen LogP contribution in [0.2, 0.25) is 0 Å². The summed E-state index contributed by atoms with van der Waals surface area (Å²) in [6.07, 6.45) is 1.84. The number of hydrogen-bond donors (Lipinski definition) is 4. The Balaban J connectivity index is 2.17. The molecule has 0 aliphatic carbocycles. The SMILES string of the molecule is CC(C)C(N)C(=O)NC(CCC(N)=O)C(=O)N1CCCC1C(=O)N1CCCC1C(=O)O. The molecule has 11 nitrogen and oxygen atoms in total. The van der Waals surface area contributed by atoms with Crippen LogP contribution in [0.1, 0.15) is 52.4 Å². The minimum Gasteiger partial charge on any atom is -0.480 e. The van der Waals surface area contributed by atoms with Crippen LogP contribution in [0.5, 0.6) is 0 Å². The third-order valence-electron chi connectivity index (χ3n) is 5.96. The van der Waals surface area contributed by atoms with E-state index in [0.29, 0.717) is 38.8 Å². The van der Waals surface area contributed by atoms with Gasteiger partial charge in [-0.15, -0.1) is 0 Å². The molecule has 0 aromatic rings. The predicted octanol–water partition coefficient (Wildman–Crippen LogP) is -1.21. The van der Waals surface area contributed by atoms with Crippen molar-refractivity contribution in [3.05, 3.63) is 0 Å². The highest BCUT2D eigenvalue weighted by Crippen LogP contribution is 2.26. The maximum Gasteiger partial charge on any atom is 0.326 e. The molecule has 2 aliphatic heterocycles. The molecule has 2 rings (SSSR count). The van der Waals surface area contributed by atoms with Crippen LogP contribution < -0.4 is 16.8 Å². The highest BCUT2D eigenvalue weighted by atomic mass is 16.4. The Morgan fingerprint density at radius 2 is 1.61 bits per heavy atom. The topological polar surface area (TPSA) is 176 Å². The van der Waals surface area contributed by atoms with Crippen molar-refractivity contribution in [3.8, 4) is 0 Å². The second-order valence-corrected chi connectivity index (χ2v) is 8.55. The molecule has 2 saturated heterocycles. The molecule has 174 valence electrons. The van der Waals surface area contributed by atoms with Gasteiger partial charge in [0, 0.05) is 19.5 Å². The number of carboxylic acids is 1. The molecule has 4 unspecified atom stereocenters. The van der Waals surface area contributed by atoms with Gasteiger partial charge in [-0.3, -0.25) is 19.2 Å². The number of primary amides is 1. The van der Waals surface area contributed by atoms with E-state index in [1.807, 2.05) is 0 Å². The number of likely N-dealkylation sites (tertiary alicyclic amines) is 2. The summed E-state index contributed by atoms with van der Waals surface area (Å²) in [6.45, 7) is 4.18. The zero-order chi connectivity index (χ0) is 23.3. The minimum absolute atomic E-state index is 0.0103. The first kappa shape index (κ1) is 24.6. The lowest BCUT2D eigenvalue weighted by Crippen LogP contribution is -2.57. The number of nitrogens with two attached hydrogens (primary N) is 2. The molecule has 6 N–H and O–H groups in total. The molecule has 4 amide bonds. The number of amides is 4. The third kappa shape index (κ3) is 5.93. The number of nitrogens with zero attached hydrogens (tertiary/aromatic N) is 2. The molecule has 0 aromatic carbocycles. The van der Waals surface area contributed by atoms with E-state index in [9.17, 15) is 29.1 Å². The Morgan fingerprint density at radius 3 is 2.16 bits per heavy atom. The first-order valence-electron chi connectivity index (χ1n) is 10.7. The molecule has 2 fully saturated rings. The van der Waals surface area contributed by atoms with Crippen molar-refractivity contribution < 1.29 is 29.1 Å². The van der Waals surface area contributed by atoms with E-state index in [1.54, 1.807) is 13.8 Å². The molecule has 11 heteroatoms. The van der Waals surface area contributed by atoms with Gasteiger partial charge in [-0.2, -0.15) is 0 Å². The quantitative estimate of drug-likeness (QED) is 0.348. The summed E-state index contributed by atoms with van der Waals surface area (Å²) in [6, 6.07) is -3.56. The first-order chi connectivity index (χ1) is 14.5. The predicted molar refractivity (Wildman–Crippen MR) is 110 cm³/mol. The van der Waals surface area contributed by atoms with Gasteiger partial charge in [-0.1, -0.05) is 13.8 Å². The molecule has 2 aliphatic rings. The van der Waals surface area contributed by atoms with E-state index in [-0.39, 0.29) is 18.8 Å². The summed E-state index contributed by atoms with van der Waals surface area (Å²) in [5, 5.41) is 12.0. The maximum absolute atomic E-state index is 13.3. The fourth-order valence-corrected chi connectivity index (χ4v) is 4.08. The van der Waals surface area contributed by atoms with Gasteiger partial charge in [-0.25, -0.2) is 4.79 Å². The van der Waals surface area contributed by atoms with Crippen molar-refractivity contribution in [2.45, 2.75) is 76.5 Å². The van der Waals surface area contributed by atoms with Crippen molar-refractivity contribution in [3.63, 3.8) is 0 Å². The largest absolute Gasteiger partial charge is 0.480 e. The fraction of sp³-hybridized carbons (Fsp3) is 0.750. The molecular formula is C20H33N5O6. The zero-order valence-electron chi connectivity index (χ0n) is 18.1. The maximum atomic E-state index is 13.3. The summed E-state index contributed by atoms with van der Waals surface area (Å²) in [5.74, 6) is -3.24. The van der Waals surface area contributed by atoms with Crippen molar-refractivity contribution >= 4 is 29.6 Å². The lowest BCUT2D eigenvalue weighted by atomic mass is 10.0. The van der Waals surface area contributed by atoms with Gasteiger partial charge in [0.25, 0.3) is 0 Å². The second kappa shape index (κ2) is 10.6. The molecule has 4 atom stereocenters. The summed E-state index contributed by atoms with van der Waals surface area (Å²) < 4.78 is 0. The van der Waals surface area contributed by atoms with Gasteiger partial charge in [0.2, 0.25) is 23.6 Å². The third-order valence-corrected chi connectivity index (χ3v) is 5.96. The van der Waals surface area contributed by atoms with Crippen molar-refractivity contribution in [1.29, 1.82) is 0 Å². The van der Waals surface area contributed by atoms with Crippen LogP contribution in [0.4, 0.5) is 0 Å². The lowest BCUT2D eigenvalue weighted by molar-refractivity contribution is -0.152. The standard InChI is InChI=1S/C20H33N5O6/c1-11(2)16(22)17(27)23-12(7-8-15(21)26)18(28)24-9-3-5-13(24)19(29)25-10-4-6-14(25)20(30)31/h11-14,16H,3-10,22H2,1-2H3,(H2,21,26)(H,23,27)(H,30,31). The zero-order valence-corrected chi connectivity index (χ0v) is 18.1. The van der Waals surface area contributed by atoms with Crippen molar-refractivity contribution in [2.75, 3.05) is 13.1 Å². The lowest BCUT2D eigenvalue weighted by Gasteiger charge is -2.32. The number of carbonyl (C=O) groups excluding carboxylic acids is 4. The molecule has 0 aromatic heterocycles. The van der Waals surface area contributed by atoms with Gasteiger partial charge < -0.3 is 31.7 Å². The van der Waals surface area contributed by atoms with E-state index in [4.69, 9.17) is 11.5 Å². The van der Waals surface area contributed by atoms with E-state index in [1.165, 1.54) is 9.80 Å². The number of nitrogens with one attached hydrogen (secondary N) is 1. The Morgan fingerprint density at radius 1 is 1.03 bits per heavy atom. The van der Waals surface area contributed by atoms with E-state index < -0.39 is 53.8 Å². The monoisotopic (exact) mass is 439 g/mol. The summed E-state index contributed by atoms with van der Waals surface area (Å²) in [4.78, 5) is 64.2. The van der Waals surface area contributed by atoms with Crippen molar-refractivity contribution in [2.24, 2.45) is 17.4 Å². The Kier molecular flexibility index (Phi) is 8.37. The smallest absolute Gasteiger partial charge is 0.326 e. The number of rotatable bonds is 9. The summed E-state index contributed by atoms with van der Waals surface area (Å²) in [7, 11) is 0. The van der Waals surface area contributed by atoms with Gasteiger partial charge >= 0.3 is 5.97 Å². The Bertz CT molecular complexity index is 727. The highest BCUT2D eigenvalue weighted by molar-refractivity contribution is 5.95. The van der Waals surface area contributed by atoms with Gasteiger partial charge in [0.15, 0.2) is 0 Å².